The van der Waals surface area contributed by atoms with Gasteiger partial charge in [-0.2, -0.15) is 0 Å². The third-order valence-electron chi connectivity index (χ3n) is 3.15. The minimum atomic E-state index is -4.36. The van der Waals surface area contributed by atoms with Crippen LogP contribution < -0.4 is 14.8 Å². The van der Waals surface area contributed by atoms with Crippen molar-refractivity contribution in [3.05, 3.63) is 35.5 Å². The number of benzene rings is 1. The predicted octanol–water partition coefficient (Wildman–Crippen LogP) is 0.486. The number of rotatable bonds is 5. The Bertz CT molecular complexity index is 947. The number of hydrogen-bond acceptors (Lipinski definition) is 9. The van der Waals surface area contributed by atoms with Crippen molar-refractivity contribution in [2.45, 2.75) is 11.8 Å². The Kier molecular flexibility index (Phi) is 5.67. The normalized spacial score (nSPS) is 10.7. The average molecular weight is 381 g/mol. The molecule has 0 aliphatic heterocycles. The molecule has 138 valence electrons. The number of nitrogens with one attached hydrogen (secondary N) is 2. The highest BCUT2D eigenvalue weighted by Crippen LogP contribution is 2.22. The number of carbonyl (C=O) groups excluding carboxylic acids is 2. The highest BCUT2D eigenvalue weighted by molar-refractivity contribution is 7.90. The zero-order valence-corrected chi connectivity index (χ0v) is 14.8. The summed E-state index contributed by atoms with van der Waals surface area (Å²) < 4.78 is 36.2. The van der Waals surface area contributed by atoms with Gasteiger partial charge in [0.1, 0.15) is 10.6 Å². The molecule has 0 atom stereocenters. The van der Waals surface area contributed by atoms with E-state index in [-0.39, 0.29) is 22.8 Å². The molecule has 12 heteroatoms. The molecule has 2 aromatic rings. The molecule has 0 unspecified atom stereocenters. The summed E-state index contributed by atoms with van der Waals surface area (Å²) in [6.45, 7) is 1.52. The molecule has 1 aromatic carbocycles. The molecule has 1 heterocycles. The summed E-state index contributed by atoms with van der Waals surface area (Å²) in [5.74, 6) is -0.897. The Balaban J connectivity index is 2.29. The van der Waals surface area contributed by atoms with Gasteiger partial charge >= 0.3 is 12.0 Å². The second-order valence-electron chi connectivity index (χ2n) is 4.81. The fourth-order valence-electron chi connectivity index (χ4n) is 1.97. The first-order valence-electron chi connectivity index (χ1n) is 7.05. The molecule has 0 fully saturated rings. The first-order valence-corrected chi connectivity index (χ1v) is 8.53. The van der Waals surface area contributed by atoms with Gasteiger partial charge in [0.15, 0.2) is 0 Å². The standard InChI is InChI=1S/C14H15N5O6S/c1-8-11(12(24-2)17-19-16-8)15-14(21)18-26(22,23)10-7-5-4-6-9(10)13(20)25-3/h4-7H,1-3H3,(H2,15,18,19,21). The molecule has 0 aliphatic carbocycles. The van der Waals surface area contributed by atoms with Gasteiger partial charge in [-0.15, -0.1) is 5.10 Å². The molecule has 0 spiro atoms. The smallest absolute Gasteiger partial charge is 0.339 e. The Morgan fingerprint density at radius 1 is 1.12 bits per heavy atom. The summed E-state index contributed by atoms with van der Waals surface area (Å²) in [6, 6.07) is 4.21. The lowest BCUT2D eigenvalue weighted by Gasteiger charge is -2.12. The van der Waals surface area contributed by atoms with Crippen molar-refractivity contribution in [3.8, 4) is 5.88 Å². The van der Waals surface area contributed by atoms with Gasteiger partial charge in [0, 0.05) is 0 Å². The minimum absolute atomic E-state index is 0.0417. The van der Waals surface area contributed by atoms with E-state index in [0.29, 0.717) is 0 Å². The van der Waals surface area contributed by atoms with Crippen molar-refractivity contribution in [2.75, 3.05) is 19.5 Å². The second-order valence-corrected chi connectivity index (χ2v) is 6.46. The van der Waals surface area contributed by atoms with Gasteiger partial charge < -0.3 is 14.8 Å². The third-order valence-corrected chi connectivity index (χ3v) is 4.54. The fraction of sp³-hybridized carbons (Fsp3) is 0.214. The number of sulfonamides is 1. The molecule has 2 N–H and O–H groups in total. The molecule has 2 amide bonds. The lowest BCUT2D eigenvalue weighted by molar-refractivity contribution is 0.0596. The van der Waals surface area contributed by atoms with Crippen LogP contribution in [0.25, 0.3) is 0 Å². The van der Waals surface area contributed by atoms with E-state index in [0.717, 1.165) is 7.11 Å². The Hall–Kier alpha value is -3.28. The van der Waals surface area contributed by atoms with Gasteiger partial charge in [-0.1, -0.05) is 17.2 Å². The predicted molar refractivity (Wildman–Crippen MR) is 88.2 cm³/mol. The van der Waals surface area contributed by atoms with Crippen LogP contribution in [0.4, 0.5) is 10.5 Å². The number of nitrogens with zero attached hydrogens (tertiary/aromatic N) is 3. The molecule has 1 aromatic heterocycles. The van der Waals surface area contributed by atoms with Gasteiger partial charge in [0.25, 0.3) is 15.9 Å². The second kappa shape index (κ2) is 7.74. The van der Waals surface area contributed by atoms with Gasteiger partial charge in [-0.3, -0.25) is 0 Å². The van der Waals surface area contributed by atoms with Crippen LogP contribution in [0.2, 0.25) is 0 Å². The largest absolute Gasteiger partial charge is 0.478 e. The van der Waals surface area contributed by atoms with E-state index in [1.165, 1.54) is 38.3 Å². The number of aromatic nitrogens is 3. The van der Waals surface area contributed by atoms with E-state index < -0.39 is 26.9 Å². The summed E-state index contributed by atoms with van der Waals surface area (Å²) in [5.41, 5.74) is 0.104. The highest BCUT2D eigenvalue weighted by atomic mass is 32.2. The van der Waals surface area contributed by atoms with Crippen LogP contribution in [0.3, 0.4) is 0 Å². The number of hydrogen-bond donors (Lipinski definition) is 2. The molecule has 26 heavy (non-hydrogen) atoms. The number of esters is 1. The van der Waals surface area contributed by atoms with Gasteiger partial charge in [-0.05, 0) is 24.3 Å². The third kappa shape index (κ3) is 4.03. The topological polar surface area (TPSA) is 149 Å². The molecule has 0 saturated carbocycles. The SMILES string of the molecule is COC(=O)c1ccccc1S(=O)(=O)NC(=O)Nc1c(C)nnnc1OC. The summed E-state index contributed by atoms with van der Waals surface area (Å²) >= 11 is 0. The van der Waals surface area contributed by atoms with Crippen molar-refractivity contribution in [2.24, 2.45) is 0 Å². The first-order chi connectivity index (χ1) is 12.3. The van der Waals surface area contributed by atoms with E-state index in [2.05, 4.69) is 25.5 Å². The number of methoxy groups -OCH3 is 2. The maximum absolute atomic E-state index is 12.5. The number of amides is 2. The highest BCUT2D eigenvalue weighted by Gasteiger charge is 2.25. The number of aryl methyl sites for hydroxylation is 1. The summed E-state index contributed by atoms with van der Waals surface area (Å²) in [6.07, 6.45) is 0. The van der Waals surface area contributed by atoms with Crippen molar-refractivity contribution < 1.29 is 27.5 Å². The van der Waals surface area contributed by atoms with Crippen LogP contribution in [-0.2, 0) is 14.8 Å². The van der Waals surface area contributed by atoms with Crippen LogP contribution in [0, 0.1) is 6.92 Å². The number of anilines is 1. The van der Waals surface area contributed by atoms with E-state index in [9.17, 15) is 18.0 Å². The summed E-state index contributed by atoms with van der Waals surface area (Å²) in [7, 11) is -1.94. The van der Waals surface area contributed by atoms with Crippen molar-refractivity contribution in [1.29, 1.82) is 0 Å². The molecule has 0 aliphatic rings. The molecule has 2 rings (SSSR count). The van der Waals surface area contributed by atoms with Crippen LogP contribution in [0.15, 0.2) is 29.2 Å². The molecule has 0 bridgehead atoms. The van der Waals surface area contributed by atoms with E-state index in [4.69, 9.17) is 4.74 Å². The maximum Gasteiger partial charge on any atom is 0.339 e. The lowest BCUT2D eigenvalue weighted by Crippen LogP contribution is -2.35. The summed E-state index contributed by atoms with van der Waals surface area (Å²) in [5, 5.41) is 12.9. The quantitative estimate of drug-likeness (QED) is 0.705. The Morgan fingerprint density at radius 2 is 1.81 bits per heavy atom. The number of ether oxygens (including phenoxy) is 2. The molecular weight excluding hydrogens is 366 g/mol. The average Bonchev–Trinajstić information content (AvgIpc) is 2.62. The van der Waals surface area contributed by atoms with E-state index >= 15 is 0 Å². The lowest BCUT2D eigenvalue weighted by atomic mass is 10.2. The van der Waals surface area contributed by atoms with Crippen molar-refractivity contribution >= 4 is 27.7 Å². The Labute approximate surface area is 148 Å². The first kappa shape index (κ1) is 19.1. The van der Waals surface area contributed by atoms with Crippen LogP contribution in [0.5, 0.6) is 5.88 Å². The summed E-state index contributed by atoms with van der Waals surface area (Å²) in [4.78, 5) is 23.4. The van der Waals surface area contributed by atoms with Crippen molar-refractivity contribution in [1.82, 2.24) is 20.1 Å². The molecule has 0 saturated heterocycles. The number of urea groups is 1. The van der Waals surface area contributed by atoms with Crippen LogP contribution >= 0.6 is 0 Å². The van der Waals surface area contributed by atoms with Crippen LogP contribution in [-0.4, -0.2) is 50.0 Å². The van der Waals surface area contributed by atoms with Gasteiger partial charge in [0.05, 0.1) is 25.5 Å². The molecular formula is C14H15N5O6S. The molecule has 11 nitrogen and oxygen atoms in total. The minimum Gasteiger partial charge on any atom is -0.478 e. The monoisotopic (exact) mass is 381 g/mol. The van der Waals surface area contributed by atoms with Crippen LogP contribution in [0.1, 0.15) is 16.1 Å². The number of carbonyl (C=O) groups is 2. The van der Waals surface area contributed by atoms with Gasteiger partial charge in [0.2, 0.25) is 0 Å². The van der Waals surface area contributed by atoms with Crippen molar-refractivity contribution in [3.63, 3.8) is 0 Å². The van der Waals surface area contributed by atoms with E-state index in [1.54, 1.807) is 4.72 Å². The Morgan fingerprint density at radius 3 is 2.46 bits per heavy atom. The molecule has 0 radical (unpaired) electrons. The van der Waals surface area contributed by atoms with E-state index in [1.807, 2.05) is 0 Å². The zero-order chi connectivity index (χ0) is 19.3. The fourth-order valence-corrected chi connectivity index (χ4v) is 3.07. The maximum atomic E-state index is 12.5. The van der Waals surface area contributed by atoms with Gasteiger partial charge in [-0.25, -0.2) is 22.7 Å². The zero-order valence-electron chi connectivity index (χ0n) is 14.0.